The highest BCUT2D eigenvalue weighted by Crippen LogP contribution is 2.29. The van der Waals surface area contributed by atoms with E-state index < -0.39 is 0 Å². The quantitative estimate of drug-likeness (QED) is 0.870. The fourth-order valence-electron chi connectivity index (χ4n) is 1.89. The molecule has 0 bridgehead atoms. The second kappa shape index (κ2) is 6.86. The summed E-state index contributed by atoms with van der Waals surface area (Å²) in [5, 5.41) is 3.20. The molecular formula is C16H17BrFNO. The highest BCUT2D eigenvalue weighted by atomic mass is 79.9. The highest BCUT2D eigenvalue weighted by Gasteiger charge is 2.11. The van der Waals surface area contributed by atoms with Crippen molar-refractivity contribution in [3.63, 3.8) is 0 Å². The molecule has 0 aliphatic heterocycles. The maximum atomic E-state index is 12.9. The van der Waals surface area contributed by atoms with E-state index in [-0.39, 0.29) is 11.9 Å². The highest BCUT2D eigenvalue weighted by molar-refractivity contribution is 9.10. The SMILES string of the molecule is CNC(C)c1cc(Br)ccc1OCc1ccc(F)cc1. The zero-order valence-corrected chi connectivity index (χ0v) is 13.1. The molecule has 0 fully saturated rings. The Morgan fingerprint density at radius 3 is 2.55 bits per heavy atom. The van der Waals surface area contributed by atoms with Gasteiger partial charge in [0.25, 0.3) is 0 Å². The Kier molecular flexibility index (Phi) is 5.15. The van der Waals surface area contributed by atoms with Gasteiger partial charge in [-0.3, -0.25) is 0 Å². The van der Waals surface area contributed by atoms with Gasteiger partial charge in [0.2, 0.25) is 0 Å². The molecule has 2 nitrogen and oxygen atoms in total. The van der Waals surface area contributed by atoms with Crippen molar-refractivity contribution >= 4 is 15.9 Å². The largest absolute Gasteiger partial charge is 0.489 e. The van der Waals surface area contributed by atoms with Crippen molar-refractivity contribution in [2.24, 2.45) is 0 Å². The Bertz CT molecular complexity index is 571. The zero-order valence-electron chi connectivity index (χ0n) is 11.5. The Morgan fingerprint density at radius 1 is 1.20 bits per heavy atom. The molecule has 1 N–H and O–H groups in total. The Balaban J connectivity index is 2.14. The summed E-state index contributed by atoms with van der Waals surface area (Å²) < 4.78 is 19.7. The second-order valence-electron chi connectivity index (χ2n) is 4.61. The number of rotatable bonds is 5. The number of benzene rings is 2. The molecule has 0 amide bonds. The van der Waals surface area contributed by atoms with Crippen LogP contribution in [-0.4, -0.2) is 7.05 Å². The van der Waals surface area contributed by atoms with Crippen LogP contribution in [0.25, 0.3) is 0 Å². The molecule has 0 spiro atoms. The predicted octanol–water partition coefficient (Wildman–Crippen LogP) is 4.45. The van der Waals surface area contributed by atoms with Crippen LogP contribution in [-0.2, 0) is 6.61 Å². The van der Waals surface area contributed by atoms with Crippen LogP contribution in [0.3, 0.4) is 0 Å². The number of hydrogen-bond acceptors (Lipinski definition) is 2. The first kappa shape index (κ1) is 15.0. The lowest BCUT2D eigenvalue weighted by atomic mass is 10.1. The molecule has 2 aromatic carbocycles. The third kappa shape index (κ3) is 3.81. The van der Waals surface area contributed by atoms with Gasteiger partial charge >= 0.3 is 0 Å². The van der Waals surface area contributed by atoms with Gasteiger partial charge in [0.1, 0.15) is 18.2 Å². The Labute approximate surface area is 127 Å². The van der Waals surface area contributed by atoms with Crippen molar-refractivity contribution in [2.75, 3.05) is 7.05 Å². The minimum atomic E-state index is -0.234. The summed E-state index contributed by atoms with van der Waals surface area (Å²) in [5.41, 5.74) is 2.03. The lowest BCUT2D eigenvalue weighted by molar-refractivity contribution is 0.300. The number of halogens is 2. The van der Waals surface area contributed by atoms with Crippen molar-refractivity contribution in [3.8, 4) is 5.75 Å². The average Bonchev–Trinajstić information content (AvgIpc) is 2.46. The molecule has 0 aromatic heterocycles. The summed E-state index contributed by atoms with van der Waals surface area (Å²) in [6.07, 6.45) is 0. The molecule has 1 unspecified atom stereocenters. The second-order valence-corrected chi connectivity index (χ2v) is 5.52. The van der Waals surface area contributed by atoms with Crippen LogP contribution in [0.5, 0.6) is 5.75 Å². The number of nitrogens with one attached hydrogen (secondary N) is 1. The molecule has 0 heterocycles. The van der Waals surface area contributed by atoms with E-state index in [1.165, 1.54) is 12.1 Å². The standard InChI is InChI=1S/C16H17BrFNO/c1-11(19-2)15-9-13(17)5-8-16(15)20-10-12-3-6-14(18)7-4-12/h3-9,11,19H,10H2,1-2H3. The summed E-state index contributed by atoms with van der Waals surface area (Å²) in [5.74, 6) is 0.598. The molecule has 2 rings (SSSR count). The van der Waals surface area contributed by atoms with Crippen molar-refractivity contribution in [2.45, 2.75) is 19.6 Å². The van der Waals surface area contributed by atoms with Gasteiger partial charge < -0.3 is 10.1 Å². The van der Waals surface area contributed by atoms with Gasteiger partial charge in [0.05, 0.1) is 0 Å². The minimum absolute atomic E-state index is 0.190. The molecule has 4 heteroatoms. The summed E-state index contributed by atoms with van der Waals surface area (Å²) in [7, 11) is 1.91. The molecule has 0 saturated carbocycles. The summed E-state index contributed by atoms with van der Waals surface area (Å²) >= 11 is 3.47. The molecule has 0 aliphatic rings. The molecular weight excluding hydrogens is 321 g/mol. The maximum Gasteiger partial charge on any atom is 0.124 e. The van der Waals surface area contributed by atoms with E-state index in [4.69, 9.17) is 4.74 Å². The topological polar surface area (TPSA) is 21.3 Å². The molecule has 0 saturated heterocycles. The van der Waals surface area contributed by atoms with Crippen molar-refractivity contribution in [1.82, 2.24) is 5.32 Å². The molecule has 2 aromatic rings. The van der Waals surface area contributed by atoms with E-state index in [0.29, 0.717) is 6.61 Å². The van der Waals surface area contributed by atoms with Crippen molar-refractivity contribution < 1.29 is 9.13 Å². The molecule has 20 heavy (non-hydrogen) atoms. The number of hydrogen-bond donors (Lipinski definition) is 1. The molecule has 0 aliphatic carbocycles. The van der Waals surface area contributed by atoms with Crippen LogP contribution in [0.1, 0.15) is 24.1 Å². The van der Waals surface area contributed by atoms with Gasteiger partial charge in [0, 0.05) is 16.1 Å². The molecule has 106 valence electrons. The third-order valence-electron chi connectivity index (χ3n) is 3.18. The summed E-state index contributed by atoms with van der Waals surface area (Å²) in [4.78, 5) is 0. The van der Waals surface area contributed by atoms with E-state index in [0.717, 1.165) is 21.3 Å². The maximum absolute atomic E-state index is 12.9. The van der Waals surface area contributed by atoms with Gasteiger partial charge in [0.15, 0.2) is 0 Å². The van der Waals surface area contributed by atoms with E-state index in [9.17, 15) is 4.39 Å². The first-order valence-corrected chi connectivity index (χ1v) is 7.23. The summed E-state index contributed by atoms with van der Waals surface area (Å²) in [6.45, 7) is 2.50. The van der Waals surface area contributed by atoms with Crippen molar-refractivity contribution in [1.29, 1.82) is 0 Å². The van der Waals surface area contributed by atoms with E-state index in [2.05, 4.69) is 28.2 Å². The van der Waals surface area contributed by atoms with Gasteiger partial charge in [-0.1, -0.05) is 28.1 Å². The first-order chi connectivity index (χ1) is 9.60. The van der Waals surface area contributed by atoms with Crippen LogP contribution >= 0.6 is 15.9 Å². The minimum Gasteiger partial charge on any atom is -0.489 e. The summed E-state index contributed by atoms with van der Waals surface area (Å²) in [6, 6.07) is 12.5. The van der Waals surface area contributed by atoms with Gasteiger partial charge in [-0.25, -0.2) is 4.39 Å². The smallest absolute Gasteiger partial charge is 0.124 e. The molecule has 1 atom stereocenters. The van der Waals surface area contributed by atoms with Crippen LogP contribution in [0.2, 0.25) is 0 Å². The Morgan fingerprint density at radius 2 is 1.90 bits per heavy atom. The van der Waals surface area contributed by atoms with Crippen LogP contribution in [0.15, 0.2) is 46.9 Å². The van der Waals surface area contributed by atoms with Gasteiger partial charge in [-0.15, -0.1) is 0 Å². The lowest BCUT2D eigenvalue weighted by Crippen LogP contribution is -2.13. The first-order valence-electron chi connectivity index (χ1n) is 6.44. The monoisotopic (exact) mass is 337 g/mol. The number of ether oxygens (including phenoxy) is 1. The Hall–Kier alpha value is -1.39. The lowest BCUT2D eigenvalue weighted by Gasteiger charge is -2.17. The van der Waals surface area contributed by atoms with Crippen LogP contribution in [0.4, 0.5) is 4.39 Å². The van der Waals surface area contributed by atoms with E-state index in [1.54, 1.807) is 12.1 Å². The van der Waals surface area contributed by atoms with Crippen LogP contribution in [0, 0.1) is 5.82 Å². The van der Waals surface area contributed by atoms with E-state index >= 15 is 0 Å². The average molecular weight is 338 g/mol. The van der Waals surface area contributed by atoms with Crippen molar-refractivity contribution in [3.05, 3.63) is 63.9 Å². The fourth-order valence-corrected chi connectivity index (χ4v) is 2.27. The van der Waals surface area contributed by atoms with Gasteiger partial charge in [-0.2, -0.15) is 0 Å². The third-order valence-corrected chi connectivity index (χ3v) is 3.67. The van der Waals surface area contributed by atoms with Crippen LogP contribution < -0.4 is 10.1 Å². The normalized spacial score (nSPS) is 12.2. The fraction of sp³-hybridized carbons (Fsp3) is 0.250. The van der Waals surface area contributed by atoms with Gasteiger partial charge in [-0.05, 0) is 49.9 Å². The van der Waals surface area contributed by atoms with E-state index in [1.807, 2.05) is 25.2 Å². The predicted molar refractivity (Wildman–Crippen MR) is 82.3 cm³/mol. The zero-order chi connectivity index (χ0) is 14.5. The molecule has 0 radical (unpaired) electrons.